The second-order valence-electron chi connectivity index (χ2n) is 8.45. The van der Waals surface area contributed by atoms with E-state index in [1.165, 1.54) is 6.42 Å². The molecular weight excluding hydrogens is 414 g/mol. The maximum absolute atomic E-state index is 12.7. The molecule has 0 radical (unpaired) electrons. The van der Waals surface area contributed by atoms with E-state index < -0.39 is 0 Å². The highest BCUT2D eigenvalue weighted by Gasteiger charge is 2.29. The van der Waals surface area contributed by atoms with E-state index in [1.807, 2.05) is 29.2 Å². The van der Waals surface area contributed by atoms with Crippen molar-refractivity contribution in [2.75, 3.05) is 38.0 Å². The second kappa shape index (κ2) is 10.3. The summed E-state index contributed by atoms with van der Waals surface area (Å²) >= 11 is 6.25. The Kier molecular flexibility index (Phi) is 7.25. The Balaban J connectivity index is 1.25. The van der Waals surface area contributed by atoms with Crippen molar-refractivity contribution in [1.29, 1.82) is 0 Å². The predicted molar refractivity (Wildman–Crippen MR) is 121 cm³/mol. The minimum Gasteiger partial charge on any atom is -0.342 e. The van der Waals surface area contributed by atoms with Crippen LogP contribution in [0.3, 0.4) is 0 Å². The van der Waals surface area contributed by atoms with Gasteiger partial charge in [-0.3, -0.25) is 14.5 Å². The van der Waals surface area contributed by atoms with Crippen LogP contribution in [-0.2, 0) is 16.1 Å². The predicted octanol–water partition coefficient (Wildman–Crippen LogP) is 3.25. The summed E-state index contributed by atoms with van der Waals surface area (Å²) in [5.41, 5.74) is 0.948. The van der Waals surface area contributed by atoms with Crippen molar-refractivity contribution < 1.29 is 9.59 Å². The van der Waals surface area contributed by atoms with Gasteiger partial charge in [-0.2, -0.15) is 5.10 Å². The van der Waals surface area contributed by atoms with Gasteiger partial charge in [0.15, 0.2) is 0 Å². The number of nitrogens with zero attached hydrogens (tertiary/aromatic N) is 4. The lowest BCUT2D eigenvalue weighted by atomic mass is 9.94. The van der Waals surface area contributed by atoms with Crippen LogP contribution in [0.4, 0.5) is 5.82 Å². The molecule has 3 heterocycles. The molecule has 0 bridgehead atoms. The minimum absolute atomic E-state index is 0.0679. The van der Waals surface area contributed by atoms with Crippen LogP contribution in [0, 0.1) is 5.92 Å². The van der Waals surface area contributed by atoms with Crippen molar-refractivity contribution in [3.05, 3.63) is 47.1 Å². The standard InChI is InChI=1S/C23H30ClN5O2/c24-20-7-3-2-6-19(20)16-29-21(8-11-25-29)26-22(30)17-27-14-9-18(10-15-27)23(31)28-12-4-1-5-13-28/h2-3,6-8,11,18H,1,4-5,9-10,12-17H2,(H,26,30). The molecule has 4 rings (SSSR count). The first kappa shape index (κ1) is 21.8. The summed E-state index contributed by atoms with van der Waals surface area (Å²) in [7, 11) is 0. The van der Waals surface area contributed by atoms with Crippen LogP contribution in [0.25, 0.3) is 0 Å². The summed E-state index contributed by atoms with van der Waals surface area (Å²) in [5.74, 6) is 1.00. The average molecular weight is 444 g/mol. The van der Waals surface area contributed by atoms with Crippen molar-refractivity contribution in [1.82, 2.24) is 19.6 Å². The molecule has 0 atom stereocenters. The van der Waals surface area contributed by atoms with Crippen LogP contribution in [0.5, 0.6) is 0 Å². The first-order valence-corrected chi connectivity index (χ1v) is 11.5. The number of benzene rings is 1. The highest BCUT2D eigenvalue weighted by molar-refractivity contribution is 6.31. The third-order valence-corrected chi connectivity index (χ3v) is 6.60. The zero-order valence-corrected chi connectivity index (χ0v) is 18.6. The van der Waals surface area contributed by atoms with E-state index in [1.54, 1.807) is 16.9 Å². The molecule has 2 aliphatic heterocycles. The first-order valence-electron chi connectivity index (χ1n) is 11.2. The summed E-state index contributed by atoms with van der Waals surface area (Å²) < 4.78 is 1.74. The molecule has 2 amide bonds. The van der Waals surface area contributed by atoms with Crippen LogP contribution in [0.1, 0.15) is 37.7 Å². The molecule has 8 heteroatoms. The number of hydrogen-bond acceptors (Lipinski definition) is 4. The number of carbonyl (C=O) groups is 2. The maximum Gasteiger partial charge on any atom is 0.239 e. The number of carbonyl (C=O) groups excluding carboxylic acids is 2. The molecule has 1 N–H and O–H groups in total. The van der Waals surface area contributed by atoms with Gasteiger partial charge in [0.1, 0.15) is 5.82 Å². The summed E-state index contributed by atoms with van der Waals surface area (Å²) in [6.45, 7) is 4.17. The number of halogens is 1. The van der Waals surface area contributed by atoms with Crippen LogP contribution in [0.2, 0.25) is 5.02 Å². The second-order valence-corrected chi connectivity index (χ2v) is 8.86. The molecule has 2 aliphatic rings. The number of likely N-dealkylation sites (tertiary alicyclic amines) is 2. The number of nitrogens with one attached hydrogen (secondary N) is 1. The van der Waals surface area contributed by atoms with Crippen molar-refractivity contribution in [2.24, 2.45) is 5.92 Å². The van der Waals surface area contributed by atoms with Crippen molar-refractivity contribution in [3.8, 4) is 0 Å². The van der Waals surface area contributed by atoms with Gasteiger partial charge in [-0.15, -0.1) is 0 Å². The van der Waals surface area contributed by atoms with E-state index in [0.717, 1.165) is 57.4 Å². The van der Waals surface area contributed by atoms with E-state index in [-0.39, 0.29) is 11.8 Å². The number of piperidine rings is 2. The molecule has 2 fully saturated rings. The number of anilines is 1. The zero-order chi connectivity index (χ0) is 21.6. The summed E-state index contributed by atoms with van der Waals surface area (Å²) in [4.78, 5) is 29.5. The molecule has 0 saturated carbocycles. The topological polar surface area (TPSA) is 70.5 Å². The van der Waals surface area contributed by atoms with Crippen LogP contribution in [0.15, 0.2) is 36.5 Å². The Bertz CT molecular complexity index is 901. The third kappa shape index (κ3) is 5.66. The van der Waals surface area contributed by atoms with E-state index >= 15 is 0 Å². The Morgan fingerprint density at radius 1 is 1.03 bits per heavy atom. The molecule has 0 unspecified atom stereocenters. The normalized spacial score (nSPS) is 18.2. The fraction of sp³-hybridized carbons (Fsp3) is 0.522. The van der Waals surface area contributed by atoms with Crippen LogP contribution >= 0.6 is 11.6 Å². The lowest BCUT2D eigenvalue weighted by molar-refractivity contribution is -0.138. The van der Waals surface area contributed by atoms with Gasteiger partial charge in [-0.05, 0) is 56.8 Å². The molecule has 2 saturated heterocycles. The van der Waals surface area contributed by atoms with Gasteiger partial charge < -0.3 is 10.2 Å². The number of rotatable bonds is 6. The maximum atomic E-state index is 12.7. The quantitative estimate of drug-likeness (QED) is 0.744. The molecule has 166 valence electrons. The smallest absolute Gasteiger partial charge is 0.239 e. The summed E-state index contributed by atoms with van der Waals surface area (Å²) in [5, 5.41) is 7.96. The number of amides is 2. The molecular formula is C23H30ClN5O2. The Labute approximate surface area is 188 Å². The van der Waals surface area contributed by atoms with Gasteiger partial charge in [0.25, 0.3) is 0 Å². The fourth-order valence-corrected chi connectivity index (χ4v) is 4.64. The molecule has 0 aliphatic carbocycles. The molecule has 7 nitrogen and oxygen atoms in total. The van der Waals surface area contributed by atoms with E-state index in [9.17, 15) is 9.59 Å². The van der Waals surface area contributed by atoms with Gasteiger partial charge in [-0.25, -0.2) is 4.68 Å². The van der Waals surface area contributed by atoms with Crippen LogP contribution < -0.4 is 5.32 Å². The molecule has 0 spiro atoms. The first-order chi connectivity index (χ1) is 15.1. The SMILES string of the molecule is O=C(CN1CCC(C(=O)N2CCCCC2)CC1)Nc1ccnn1Cc1ccccc1Cl. The van der Waals surface area contributed by atoms with Gasteiger partial charge in [0.2, 0.25) is 11.8 Å². The summed E-state index contributed by atoms with van der Waals surface area (Å²) in [6.07, 6.45) is 6.80. The average Bonchev–Trinajstić information content (AvgIpc) is 3.22. The molecule has 2 aromatic rings. The summed E-state index contributed by atoms with van der Waals surface area (Å²) in [6, 6.07) is 9.41. The van der Waals surface area contributed by atoms with Crippen LogP contribution in [-0.4, -0.2) is 64.1 Å². The fourth-order valence-electron chi connectivity index (χ4n) is 4.45. The highest BCUT2D eigenvalue weighted by atomic mass is 35.5. The van der Waals surface area contributed by atoms with E-state index in [2.05, 4.69) is 15.3 Å². The van der Waals surface area contributed by atoms with E-state index in [4.69, 9.17) is 11.6 Å². The van der Waals surface area contributed by atoms with Crippen molar-refractivity contribution in [2.45, 2.75) is 38.6 Å². The molecule has 1 aromatic carbocycles. The zero-order valence-electron chi connectivity index (χ0n) is 17.8. The number of aromatic nitrogens is 2. The Morgan fingerprint density at radius 3 is 2.52 bits per heavy atom. The van der Waals surface area contributed by atoms with E-state index in [0.29, 0.717) is 29.8 Å². The third-order valence-electron chi connectivity index (χ3n) is 6.23. The van der Waals surface area contributed by atoms with Crippen molar-refractivity contribution >= 4 is 29.2 Å². The van der Waals surface area contributed by atoms with Gasteiger partial charge >= 0.3 is 0 Å². The Hall–Kier alpha value is -2.38. The van der Waals surface area contributed by atoms with Gasteiger partial charge in [0, 0.05) is 30.1 Å². The lowest BCUT2D eigenvalue weighted by Gasteiger charge is -2.35. The minimum atomic E-state index is -0.0679. The van der Waals surface area contributed by atoms with Gasteiger partial charge in [0.05, 0.1) is 19.3 Å². The van der Waals surface area contributed by atoms with Crippen molar-refractivity contribution in [3.63, 3.8) is 0 Å². The Morgan fingerprint density at radius 2 is 1.77 bits per heavy atom. The number of hydrogen-bond donors (Lipinski definition) is 1. The molecule has 31 heavy (non-hydrogen) atoms. The molecule has 1 aromatic heterocycles. The highest BCUT2D eigenvalue weighted by Crippen LogP contribution is 2.22. The lowest BCUT2D eigenvalue weighted by Crippen LogP contribution is -2.45. The largest absolute Gasteiger partial charge is 0.342 e. The monoisotopic (exact) mass is 443 g/mol. The van der Waals surface area contributed by atoms with Gasteiger partial charge in [-0.1, -0.05) is 29.8 Å².